The van der Waals surface area contributed by atoms with E-state index in [4.69, 9.17) is 0 Å². The van der Waals surface area contributed by atoms with Crippen LogP contribution in [0.5, 0.6) is 0 Å². The summed E-state index contributed by atoms with van der Waals surface area (Å²) in [7, 11) is 1.43. The second kappa shape index (κ2) is 8.51. The highest BCUT2D eigenvalue weighted by molar-refractivity contribution is 8.93. The molecule has 0 aliphatic heterocycles. The zero-order chi connectivity index (χ0) is 9.56. The number of hydrogen-bond acceptors (Lipinski definition) is 3. The molecular weight excluding hydrogens is 234 g/mol. The molecule has 0 aromatic heterocycles. The largest absolute Gasteiger partial charge is 0.469 e. The van der Waals surface area contributed by atoms with Crippen molar-refractivity contribution in [3.05, 3.63) is 0 Å². The van der Waals surface area contributed by atoms with Gasteiger partial charge in [-0.1, -0.05) is 20.8 Å². The van der Waals surface area contributed by atoms with Crippen LogP contribution in [0.15, 0.2) is 0 Å². The van der Waals surface area contributed by atoms with Gasteiger partial charge in [0, 0.05) is 6.54 Å². The standard InChI is InChI=1S/C9H19NO2.BrH/c1-5-10(6-2)7-8(3)9(11)12-4;/h8H,5-7H2,1-4H3;1H. The minimum absolute atomic E-state index is 0. The quantitative estimate of drug-likeness (QED) is 0.699. The topological polar surface area (TPSA) is 29.5 Å². The molecule has 0 N–H and O–H groups in total. The number of esters is 1. The van der Waals surface area contributed by atoms with Gasteiger partial charge in [0.25, 0.3) is 0 Å². The Morgan fingerprint density at radius 1 is 1.38 bits per heavy atom. The first kappa shape index (κ1) is 15.4. The summed E-state index contributed by atoms with van der Waals surface area (Å²) < 4.78 is 4.64. The molecule has 0 aliphatic rings. The summed E-state index contributed by atoms with van der Waals surface area (Å²) in [6.07, 6.45) is 0. The Morgan fingerprint density at radius 3 is 2.15 bits per heavy atom. The van der Waals surface area contributed by atoms with E-state index in [1.165, 1.54) is 7.11 Å². The number of halogens is 1. The van der Waals surface area contributed by atoms with Crippen LogP contribution in [-0.2, 0) is 9.53 Å². The first-order valence-corrected chi connectivity index (χ1v) is 4.45. The Bertz CT molecular complexity index is 138. The van der Waals surface area contributed by atoms with Crippen LogP contribution < -0.4 is 0 Å². The van der Waals surface area contributed by atoms with E-state index in [-0.39, 0.29) is 28.9 Å². The van der Waals surface area contributed by atoms with Crippen LogP contribution in [0.4, 0.5) is 0 Å². The van der Waals surface area contributed by atoms with Crippen LogP contribution in [0, 0.1) is 5.92 Å². The van der Waals surface area contributed by atoms with Crippen LogP contribution in [0.3, 0.4) is 0 Å². The molecule has 0 spiro atoms. The van der Waals surface area contributed by atoms with Crippen LogP contribution in [-0.4, -0.2) is 37.6 Å². The SMILES string of the molecule is Br.CCN(CC)CC(C)C(=O)OC. The van der Waals surface area contributed by atoms with Crippen molar-refractivity contribution in [1.29, 1.82) is 0 Å². The monoisotopic (exact) mass is 253 g/mol. The minimum atomic E-state index is -0.123. The molecule has 0 aromatic carbocycles. The van der Waals surface area contributed by atoms with Crippen molar-refractivity contribution >= 4 is 23.0 Å². The zero-order valence-corrected chi connectivity index (χ0v) is 10.6. The fourth-order valence-electron chi connectivity index (χ4n) is 1.14. The summed E-state index contributed by atoms with van der Waals surface area (Å²) in [5.74, 6) is -0.142. The Balaban J connectivity index is 0. The number of methoxy groups -OCH3 is 1. The van der Waals surface area contributed by atoms with Gasteiger partial charge in [0.05, 0.1) is 13.0 Å². The number of rotatable bonds is 5. The number of nitrogens with zero attached hydrogens (tertiary/aromatic N) is 1. The van der Waals surface area contributed by atoms with Crippen molar-refractivity contribution < 1.29 is 9.53 Å². The molecule has 13 heavy (non-hydrogen) atoms. The lowest BCUT2D eigenvalue weighted by Crippen LogP contribution is -2.32. The lowest BCUT2D eigenvalue weighted by Gasteiger charge is -2.20. The van der Waals surface area contributed by atoms with Crippen LogP contribution >= 0.6 is 17.0 Å². The average molecular weight is 254 g/mol. The van der Waals surface area contributed by atoms with Gasteiger partial charge in [-0.2, -0.15) is 0 Å². The lowest BCUT2D eigenvalue weighted by atomic mass is 10.1. The number of hydrogen-bond donors (Lipinski definition) is 0. The van der Waals surface area contributed by atoms with Crippen LogP contribution in [0.25, 0.3) is 0 Å². The third-order valence-corrected chi connectivity index (χ3v) is 2.03. The molecule has 0 radical (unpaired) electrons. The van der Waals surface area contributed by atoms with Gasteiger partial charge < -0.3 is 9.64 Å². The highest BCUT2D eigenvalue weighted by atomic mass is 79.9. The van der Waals surface area contributed by atoms with E-state index in [1.54, 1.807) is 0 Å². The van der Waals surface area contributed by atoms with Gasteiger partial charge in [0.2, 0.25) is 0 Å². The van der Waals surface area contributed by atoms with Crippen LogP contribution in [0.1, 0.15) is 20.8 Å². The van der Waals surface area contributed by atoms with Gasteiger partial charge in [0.1, 0.15) is 0 Å². The third kappa shape index (κ3) is 6.05. The third-order valence-electron chi connectivity index (χ3n) is 2.03. The van der Waals surface area contributed by atoms with E-state index >= 15 is 0 Å². The highest BCUT2D eigenvalue weighted by Crippen LogP contribution is 2.01. The summed E-state index contributed by atoms with van der Waals surface area (Å²) in [6, 6.07) is 0. The number of ether oxygens (including phenoxy) is 1. The van der Waals surface area contributed by atoms with Crippen molar-refractivity contribution in [2.45, 2.75) is 20.8 Å². The molecule has 0 fully saturated rings. The molecule has 0 saturated heterocycles. The molecule has 80 valence electrons. The molecule has 1 atom stereocenters. The predicted molar refractivity (Wildman–Crippen MR) is 59.3 cm³/mol. The summed E-state index contributed by atoms with van der Waals surface area (Å²) in [6.45, 7) is 8.83. The molecule has 0 aliphatic carbocycles. The van der Waals surface area contributed by atoms with Crippen molar-refractivity contribution in [1.82, 2.24) is 4.90 Å². The van der Waals surface area contributed by atoms with Gasteiger partial charge in [-0.25, -0.2) is 0 Å². The zero-order valence-electron chi connectivity index (χ0n) is 8.87. The van der Waals surface area contributed by atoms with Crippen molar-refractivity contribution in [2.24, 2.45) is 5.92 Å². The molecule has 1 unspecified atom stereocenters. The normalized spacial score (nSPS) is 12.1. The van der Waals surface area contributed by atoms with E-state index in [1.807, 2.05) is 6.92 Å². The summed E-state index contributed by atoms with van der Waals surface area (Å²) in [4.78, 5) is 13.2. The number of carbonyl (C=O) groups excluding carboxylic acids is 1. The van der Waals surface area contributed by atoms with E-state index in [2.05, 4.69) is 23.5 Å². The van der Waals surface area contributed by atoms with E-state index in [0.717, 1.165) is 19.6 Å². The number of carbonyl (C=O) groups is 1. The Morgan fingerprint density at radius 2 is 1.85 bits per heavy atom. The van der Waals surface area contributed by atoms with Crippen molar-refractivity contribution in [2.75, 3.05) is 26.7 Å². The lowest BCUT2D eigenvalue weighted by molar-refractivity contribution is -0.145. The van der Waals surface area contributed by atoms with Crippen molar-refractivity contribution in [3.8, 4) is 0 Å². The van der Waals surface area contributed by atoms with Crippen molar-refractivity contribution in [3.63, 3.8) is 0 Å². The second-order valence-electron chi connectivity index (χ2n) is 2.91. The molecule has 0 rings (SSSR count). The molecule has 0 heterocycles. The van der Waals surface area contributed by atoms with Gasteiger partial charge in [-0.15, -0.1) is 17.0 Å². The predicted octanol–water partition coefficient (Wildman–Crippen LogP) is 1.72. The smallest absolute Gasteiger partial charge is 0.309 e. The first-order chi connectivity index (χ1) is 5.65. The van der Waals surface area contributed by atoms with Gasteiger partial charge in [-0.05, 0) is 13.1 Å². The van der Waals surface area contributed by atoms with Crippen LogP contribution in [0.2, 0.25) is 0 Å². The molecular formula is C9H20BrNO2. The van der Waals surface area contributed by atoms with E-state index in [9.17, 15) is 4.79 Å². The maximum Gasteiger partial charge on any atom is 0.309 e. The second-order valence-corrected chi connectivity index (χ2v) is 2.91. The fraction of sp³-hybridized carbons (Fsp3) is 0.889. The van der Waals surface area contributed by atoms with Gasteiger partial charge in [-0.3, -0.25) is 4.79 Å². The van der Waals surface area contributed by atoms with Gasteiger partial charge in [0.15, 0.2) is 0 Å². The minimum Gasteiger partial charge on any atom is -0.469 e. The molecule has 0 amide bonds. The maximum atomic E-state index is 11.0. The Hall–Kier alpha value is -0.0900. The summed E-state index contributed by atoms with van der Waals surface area (Å²) in [5.41, 5.74) is 0. The Kier molecular flexibility index (Phi) is 10.1. The summed E-state index contributed by atoms with van der Waals surface area (Å²) >= 11 is 0. The van der Waals surface area contributed by atoms with Gasteiger partial charge >= 0.3 is 5.97 Å². The highest BCUT2D eigenvalue weighted by Gasteiger charge is 2.15. The maximum absolute atomic E-state index is 11.0. The first-order valence-electron chi connectivity index (χ1n) is 4.45. The molecule has 0 saturated carbocycles. The molecule has 3 nitrogen and oxygen atoms in total. The molecule has 4 heteroatoms. The van der Waals surface area contributed by atoms with E-state index < -0.39 is 0 Å². The molecule has 0 bridgehead atoms. The van der Waals surface area contributed by atoms with E-state index in [0.29, 0.717) is 0 Å². The Labute approximate surface area is 91.2 Å². The summed E-state index contributed by atoms with van der Waals surface area (Å²) in [5, 5.41) is 0. The fourth-order valence-corrected chi connectivity index (χ4v) is 1.14. The average Bonchev–Trinajstić information content (AvgIpc) is 2.12. The molecule has 0 aromatic rings.